The van der Waals surface area contributed by atoms with Crippen molar-refractivity contribution in [2.75, 3.05) is 7.11 Å². The van der Waals surface area contributed by atoms with Gasteiger partial charge >= 0.3 is 11.9 Å². The fourth-order valence-electron chi connectivity index (χ4n) is 1.19. The first kappa shape index (κ1) is 12.3. The lowest BCUT2D eigenvalue weighted by Crippen LogP contribution is -2.34. The van der Waals surface area contributed by atoms with Gasteiger partial charge in [0.2, 0.25) is 5.76 Å². The minimum absolute atomic E-state index is 0.121. The van der Waals surface area contributed by atoms with Crippen LogP contribution in [-0.2, 0) is 16.1 Å². The molecule has 88 valence electrons. The average Bonchev–Trinajstić information content (AvgIpc) is 2.72. The van der Waals surface area contributed by atoms with Crippen LogP contribution in [0.25, 0.3) is 0 Å². The highest BCUT2D eigenvalue weighted by atomic mass is 16.5. The van der Waals surface area contributed by atoms with E-state index in [9.17, 15) is 9.59 Å². The summed E-state index contributed by atoms with van der Waals surface area (Å²) in [6.07, 6.45) is 1.29. The van der Waals surface area contributed by atoms with Crippen LogP contribution in [0.15, 0.2) is 16.7 Å². The number of esters is 1. The smallest absolute Gasteiger partial charge is 0.372 e. The monoisotopic (exact) mass is 227 g/mol. The Kier molecular flexibility index (Phi) is 4.07. The number of rotatable bonds is 5. The minimum atomic E-state index is -1.13. The summed E-state index contributed by atoms with van der Waals surface area (Å²) < 4.78 is 9.31. The van der Waals surface area contributed by atoms with E-state index in [-0.39, 0.29) is 12.3 Å². The average molecular weight is 227 g/mol. The molecule has 0 aliphatic rings. The van der Waals surface area contributed by atoms with E-state index in [4.69, 9.17) is 9.52 Å². The minimum Gasteiger partial charge on any atom is -0.475 e. The van der Waals surface area contributed by atoms with Crippen molar-refractivity contribution in [3.05, 3.63) is 23.7 Å². The summed E-state index contributed by atoms with van der Waals surface area (Å²) in [6.45, 7) is 1.86. The number of carbonyl (C=O) groups excluding carboxylic acids is 1. The van der Waals surface area contributed by atoms with Gasteiger partial charge in [0.05, 0.1) is 13.4 Å². The predicted molar refractivity (Wildman–Crippen MR) is 54.0 cm³/mol. The van der Waals surface area contributed by atoms with Crippen LogP contribution in [-0.4, -0.2) is 30.2 Å². The molecule has 0 aliphatic carbocycles. The van der Waals surface area contributed by atoms with Gasteiger partial charge in [-0.1, -0.05) is 0 Å². The second kappa shape index (κ2) is 5.32. The van der Waals surface area contributed by atoms with Gasteiger partial charge < -0.3 is 19.6 Å². The van der Waals surface area contributed by atoms with Crippen molar-refractivity contribution in [1.29, 1.82) is 0 Å². The quantitative estimate of drug-likeness (QED) is 0.717. The Balaban J connectivity index is 2.58. The maximum atomic E-state index is 11.1. The molecule has 1 heterocycles. The lowest BCUT2D eigenvalue weighted by molar-refractivity contribution is -0.142. The highest BCUT2D eigenvalue weighted by Gasteiger charge is 2.16. The van der Waals surface area contributed by atoms with Crippen molar-refractivity contribution < 1.29 is 23.8 Å². The number of ether oxygens (including phenoxy) is 1. The maximum Gasteiger partial charge on any atom is 0.372 e. The zero-order valence-electron chi connectivity index (χ0n) is 9.02. The summed E-state index contributed by atoms with van der Waals surface area (Å²) in [5, 5.41) is 11.6. The molecule has 0 spiro atoms. The number of hydrogen-bond acceptors (Lipinski definition) is 5. The van der Waals surface area contributed by atoms with Crippen molar-refractivity contribution in [2.45, 2.75) is 19.5 Å². The first-order valence-corrected chi connectivity index (χ1v) is 4.67. The van der Waals surface area contributed by atoms with Gasteiger partial charge in [-0.3, -0.25) is 4.79 Å². The molecule has 1 aromatic heterocycles. The van der Waals surface area contributed by atoms with Gasteiger partial charge in [-0.2, -0.15) is 0 Å². The number of carboxylic acids is 1. The van der Waals surface area contributed by atoms with Gasteiger partial charge in [0, 0.05) is 12.1 Å². The van der Waals surface area contributed by atoms with Gasteiger partial charge in [-0.05, 0) is 13.0 Å². The molecule has 6 nitrogen and oxygen atoms in total. The molecular weight excluding hydrogens is 214 g/mol. The number of carbonyl (C=O) groups is 2. The normalized spacial score (nSPS) is 12.1. The molecule has 16 heavy (non-hydrogen) atoms. The first-order chi connectivity index (χ1) is 7.56. The highest BCUT2D eigenvalue weighted by molar-refractivity contribution is 5.86. The molecule has 1 unspecified atom stereocenters. The van der Waals surface area contributed by atoms with E-state index >= 15 is 0 Å². The SMILES string of the molecule is COC(=O)C(C)NCc1ccoc1C(=O)O. The highest BCUT2D eigenvalue weighted by Crippen LogP contribution is 2.10. The van der Waals surface area contributed by atoms with E-state index in [0.717, 1.165) is 0 Å². The third-order valence-electron chi connectivity index (χ3n) is 2.09. The Morgan fingerprint density at radius 2 is 2.31 bits per heavy atom. The lowest BCUT2D eigenvalue weighted by atomic mass is 10.2. The lowest BCUT2D eigenvalue weighted by Gasteiger charge is -2.10. The summed E-state index contributed by atoms with van der Waals surface area (Å²) in [5.41, 5.74) is 0.489. The Bertz CT molecular complexity index is 384. The molecule has 0 saturated carbocycles. The predicted octanol–water partition coefficient (Wildman–Crippen LogP) is 0.629. The van der Waals surface area contributed by atoms with E-state index < -0.39 is 18.0 Å². The third-order valence-corrected chi connectivity index (χ3v) is 2.09. The Morgan fingerprint density at radius 1 is 1.62 bits per heavy atom. The fraction of sp³-hybridized carbons (Fsp3) is 0.400. The topological polar surface area (TPSA) is 88.8 Å². The summed E-state index contributed by atoms with van der Waals surface area (Å²) in [5.74, 6) is -1.66. The number of aromatic carboxylic acids is 1. The van der Waals surface area contributed by atoms with E-state index in [2.05, 4.69) is 10.1 Å². The van der Waals surface area contributed by atoms with Crippen molar-refractivity contribution >= 4 is 11.9 Å². The summed E-state index contributed by atoms with van der Waals surface area (Å²) in [6, 6.07) is 1.04. The maximum absolute atomic E-state index is 11.1. The van der Waals surface area contributed by atoms with Crippen LogP contribution in [0, 0.1) is 0 Å². The van der Waals surface area contributed by atoms with E-state index in [1.807, 2.05) is 0 Å². The molecule has 0 aromatic carbocycles. The van der Waals surface area contributed by atoms with Crippen molar-refractivity contribution in [1.82, 2.24) is 5.32 Å². The summed E-state index contributed by atoms with van der Waals surface area (Å²) in [4.78, 5) is 21.8. The zero-order chi connectivity index (χ0) is 12.1. The molecule has 6 heteroatoms. The number of furan rings is 1. The van der Waals surface area contributed by atoms with Gasteiger partial charge in [0.25, 0.3) is 0 Å². The van der Waals surface area contributed by atoms with E-state index in [1.165, 1.54) is 13.4 Å². The Hall–Kier alpha value is -1.82. The standard InChI is InChI=1S/C10H13NO5/c1-6(10(14)15-2)11-5-7-3-4-16-8(7)9(12)13/h3-4,6,11H,5H2,1-2H3,(H,12,13). The van der Waals surface area contributed by atoms with E-state index in [1.54, 1.807) is 13.0 Å². The third kappa shape index (κ3) is 2.83. The van der Waals surface area contributed by atoms with Crippen LogP contribution >= 0.6 is 0 Å². The molecule has 1 rings (SSSR count). The van der Waals surface area contributed by atoms with Crippen LogP contribution < -0.4 is 5.32 Å². The van der Waals surface area contributed by atoms with Crippen molar-refractivity contribution in [3.63, 3.8) is 0 Å². The molecule has 1 aromatic rings. The summed E-state index contributed by atoms with van der Waals surface area (Å²) >= 11 is 0. The second-order valence-corrected chi connectivity index (χ2v) is 3.21. The molecule has 0 bridgehead atoms. The van der Waals surface area contributed by atoms with Crippen LogP contribution in [0.2, 0.25) is 0 Å². The molecule has 0 saturated heterocycles. The van der Waals surface area contributed by atoms with Crippen LogP contribution in [0.5, 0.6) is 0 Å². The molecule has 0 amide bonds. The van der Waals surface area contributed by atoms with Gasteiger partial charge in [0.15, 0.2) is 0 Å². The fourth-order valence-corrected chi connectivity index (χ4v) is 1.19. The van der Waals surface area contributed by atoms with E-state index in [0.29, 0.717) is 5.56 Å². The number of hydrogen-bond donors (Lipinski definition) is 2. The largest absolute Gasteiger partial charge is 0.475 e. The first-order valence-electron chi connectivity index (χ1n) is 4.67. The van der Waals surface area contributed by atoms with Crippen molar-refractivity contribution in [3.8, 4) is 0 Å². The Morgan fingerprint density at radius 3 is 2.88 bits per heavy atom. The van der Waals surface area contributed by atoms with Gasteiger partial charge in [-0.15, -0.1) is 0 Å². The molecule has 1 atom stereocenters. The molecule has 0 aliphatic heterocycles. The Labute approximate surface area is 92.2 Å². The van der Waals surface area contributed by atoms with Crippen molar-refractivity contribution in [2.24, 2.45) is 0 Å². The number of nitrogens with one attached hydrogen (secondary N) is 1. The van der Waals surface area contributed by atoms with Crippen LogP contribution in [0.1, 0.15) is 23.0 Å². The van der Waals surface area contributed by atoms with Crippen LogP contribution in [0.3, 0.4) is 0 Å². The summed E-state index contributed by atoms with van der Waals surface area (Å²) in [7, 11) is 1.29. The zero-order valence-corrected chi connectivity index (χ0v) is 9.02. The molecule has 2 N–H and O–H groups in total. The van der Waals surface area contributed by atoms with Gasteiger partial charge in [-0.25, -0.2) is 4.79 Å². The molecule has 0 radical (unpaired) electrons. The van der Waals surface area contributed by atoms with Crippen LogP contribution in [0.4, 0.5) is 0 Å². The number of carboxylic acid groups (broad SMARTS) is 1. The second-order valence-electron chi connectivity index (χ2n) is 3.21. The van der Waals surface area contributed by atoms with Gasteiger partial charge in [0.1, 0.15) is 6.04 Å². The molecular formula is C10H13NO5. The molecule has 0 fully saturated rings. The number of methoxy groups -OCH3 is 1.